The standard InChI is InChI=1S/C14H14N2.C12H10/c15-13-7-3-11(4-8-13)1-2-12-5-9-14(16)10-6-12;1-3-7-11(8-4-1)12-9-5-2-6-10-12/h1-10H,15-16H2;1-10H/b2-1+;. The van der Waals surface area contributed by atoms with Gasteiger partial charge in [0.15, 0.2) is 0 Å². The number of nitrogen functional groups attached to an aromatic ring is 2. The Hall–Kier alpha value is -3.78. The molecule has 138 valence electrons. The van der Waals surface area contributed by atoms with Crippen LogP contribution < -0.4 is 11.5 Å². The van der Waals surface area contributed by atoms with Gasteiger partial charge in [-0.25, -0.2) is 0 Å². The molecule has 4 N–H and O–H groups in total. The summed E-state index contributed by atoms with van der Waals surface area (Å²) in [6.07, 6.45) is 4.09. The summed E-state index contributed by atoms with van der Waals surface area (Å²) in [4.78, 5) is 0. The summed E-state index contributed by atoms with van der Waals surface area (Å²) < 4.78 is 0. The molecule has 0 aromatic heterocycles. The van der Waals surface area contributed by atoms with Crippen molar-refractivity contribution in [1.29, 1.82) is 0 Å². The third-order valence-electron chi connectivity index (χ3n) is 4.22. The van der Waals surface area contributed by atoms with Crippen molar-refractivity contribution in [3.05, 3.63) is 120 Å². The minimum absolute atomic E-state index is 0.782. The molecular weight excluding hydrogens is 340 g/mol. The fraction of sp³-hybridized carbons (Fsp3) is 0. The number of anilines is 2. The van der Waals surface area contributed by atoms with Gasteiger partial charge >= 0.3 is 0 Å². The van der Waals surface area contributed by atoms with Gasteiger partial charge in [-0.05, 0) is 46.5 Å². The molecule has 0 amide bonds. The van der Waals surface area contributed by atoms with E-state index in [-0.39, 0.29) is 0 Å². The molecule has 4 rings (SSSR count). The molecule has 0 fully saturated rings. The molecule has 2 heteroatoms. The molecule has 0 spiro atoms. The molecule has 0 saturated heterocycles. The molecule has 0 atom stereocenters. The fourth-order valence-electron chi connectivity index (χ4n) is 2.67. The summed E-state index contributed by atoms with van der Waals surface area (Å²) in [7, 11) is 0. The zero-order valence-corrected chi connectivity index (χ0v) is 15.7. The molecule has 0 aliphatic carbocycles. The fourth-order valence-corrected chi connectivity index (χ4v) is 2.67. The number of benzene rings is 4. The molecule has 4 aromatic rings. The largest absolute Gasteiger partial charge is 0.399 e. The summed E-state index contributed by atoms with van der Waals surface area (Å²) in [5.41, 5.74) is 17.6. The zero-order valence-electron chi connectivity index (χ0n) is 15.7. The van der Waals surface area contributed by atoms with Crippen molar-refractivity contribution >= 4 is 23.5 Å². The predicted octanol–water partition coefficient (Wildman–Crippen LogP) is 6.38. The molecule has 0 aliphatic heterocycles. The van der Waals surface area contributed by atoms with Crippen molar-refractivity contribution in [3.8, 4) is 11.1 Å². The highest BCUT2D eigenvalue weighted by Crippen LogP contribution is 2.17. The van der Waals surface area contributed by atoms with Crippen molar-refractivity contribution in [1.82, 2.24) is 0 Å². The van der Waals surface area contributed by atoms with Gasteiger partial charge in [-0.3, -0.25) is 0 Å². The van der Waals surface area contributed by atoms with Crippen LogP contribution in [0.4, 0.5) is 11.4 Å². The number of hydrogen-bond donors (Lipinski definition) is 2. The van der Waals surface area contributed by atoms with Crippen LogP contribution in [0, 0.1) is 0 Å². The average molecular weight is 364 g/mol. The number of hydrogen-bond acceptors (Lipinski definition) is 2. The predicted molar refractivity (Wildman–Crippen MR) is 123 cm³/mol. The van der Waals surface area contributed by atoms with Crippen LogP contribution >= 0.6 is 0 Å². The molecule has 28 heavy (non-hydrogen) atoms. The molecule has 0 bridgehead atoms. The Morgan fingerprint density at radius 2 is 0.714 bits per heavy atom. The van der Waals surface area contributed by atoms with Crippen molar-refractivity contribution in [2.75, 3.05) is 11.5 Å². The number of rotatable bonds is 3. The van der Waals surface area contributed by atoms with E-state index in [1.54, 1.807) is 0 Å². The first-order valence-corrected chi connectivity index (χ1v) is 9.20. The van der Waals surface area contributed by atoms with Gasteiger partial charge in [0.25, 0.3) is 0 Å². The maximum atomic E-state index is 5.61. The van der Waals surface area contributed by atoms with E-state index in [4.69, 9.17) is 11.5 Å². The second-order valence-electron chi connectivity index (χ2n) is 6.40. The smallest absolute Gasteiger partial charge is 0.0314 e. The third-order valence-corrected chi connectivity index (χ3v) is 4.22. The average Bonchev–Trinajstić information content (AvgIpc) is 2.76. The lowest BCUT2D eigenvalue weighted by atomic mass is 10.1. The Morgan fingerprint density at radius 1 is 0.393 bits per heavy atom. The molecule has 4 aromatic carbocycles. The van der Waals surface area contributed by atoms with E-state index in [0.717, 1.165) is 22.5 Å². The Bertz CT molecular complexity index is 903. The lowest BCUT2D eigenvalue weighted by Crippen LogP contribution is -1.83. The molecular formula is C26H24N2. The highest BCUT2D eigenvalue weighted by Gasteiger charge is 1.92. The number of nitrogens with two attached hydrogens (primary N) is 2. The minimum Gasteiger partial charge on any atom is -0.399 e. The third kappa shape index (κ3) is 5.89. The summed E-state index contributed by atoms with van der Waals surface area (Å²) in [5, 5.41) is 0. The van der Waals surface area contributed by atoms with Crippen molar-refractivity contribution < 1.29 is 0 Å². The van der Waals surface area contributed by atoms with Crippen molar-refractivity contribution in [3.63, 3.8) is 0 Å². The van der Waals surface area contributed by atoms with E-state index >= 15 is 0 Å². The molecule has 2 nitrogen and oxygen atoms in total. The SMILES string of the molecule is Nc1ccc(/C=C/c2ccc(N)cc2)cc1.c1ccc(-c2ccccc2)cc1. The summed E-state index contributed by atoms with van der Waals surface area (Å²) >= 11 is 0. The van der Waals surface area contributed by atoms with Crippen LogP contribution in [0.5, 0.6) is 0 Å². The maximum absolute atomic E-state index is 5.61. The van der Waals surface area contributed by atoms with Gasteiger partial charge in [-0.15, -0.1) is 0 Å². The highest BCUT2D eigenvalue weighted by atomic mass is 14.5. The normalized spacial score (nSPS) is 10.3. The summed E-state index contributed by atoms with van der Waals surface area (Å²) in [5.74, 6) is 0. The molecule has 0 saturated carbocycles. The minimum atomic E-state index is 0.782. The van der Waals surface area contributed by atoms with E-state index < -0.39 is 0 Å². The molecule has 0 radical (unpaired) electrons. The van der Waals surface area contributed by atoms with Crippen LogP contribution in [-0.4, -0.2) is 0 Å². The Kier molecular flexibility index (Phi) is 6.64. The first-order chi connectivity index (χ1) is 13.7. The second kappa shape index (κ2) is 9.79. The van der Waals surface area contributed by atoms with Crippen molar-refractivity contribution in [2.24, 2.45) is 0 Å². The van der Waals surface area contributed by atoms with Gasteiger partial charge < -0.3 is 11.5 Å². The molecule has 0 heterocycles. The lowest BCUT2D eigenvalue weighted by Gasteiger charge is -1.98. The van der Waals surface area contributed by atoms with E-state index in [2.05, 4.69) is 48.5 Å². The van der Waals surface area contributed by atoms with Crippen LogP contribution in [0.2, 0.25) is 0 Å². The van der Waals surface area contributed by atoms with Gasteiger partial charge in [0.1, 0.15) is 0 Å². The first kappa shape index (κ1) is 19.0. The monoisotopic (exact) mass is 364 g/mol. The Labute approximate surface area is 166 Å². The zero-order chi connectivity index (χ0) is 19.6. The summed E-state index contributed by atoms with van der Waals surface area (Å²) in [6.45, 7) is 0. The van der Waals surface area contributed by atoms with Crippen molar-refractivity contribution in [2.45, 2.75) is 0 Å². The quantitative estimate of drug-likeness (QED) is 0.327. The Balaban J connectivity index is 0.000000167. The second-order valence-corrected chi connectivity index (χ2v) is 6.40. The van der Waals surface area contributed by atoms with Gasteiger partial charge in [-0.2, -0.15) is 0 Å². The van der Waals surface area contributed by atoms with Crippen LogP contribution in [0.15, 0.2) is 109 Å². The van der Waals surface area contributed by atoms with E-state index in [9.17, 15) is 0 Å². The van der Waals surface area contributed by atoms with E-state index in [1.165, 1.54) is 11.1 Å². The highest BCUT2D eigenvalue weighted by molar-refractivity contribution is 5.70. The van der Waals surface area contributed by atoms with Gasteiger partial charge in [-0.1, -0.05) is 97.1 Å². The summed E-state index contributed by atoms with van der Waals surface area (Å²) in [6, 6.07) is 36.3. The van der Waals surface area contributed by atoms with Gasteiger partial charge in [0.05, 0.1) is 0 Å². The van der Waals surface area contributed by atoms with Gasteiger partial charge in [0.2, 0.25) is 0 Å². The lowest BCUT2D eigenvalue weighted by molar-refractivity contribution is 1.62. The van der Waals surface area contributed by atoms with Crippen LogP contribution in [-0.2, 0) is 0 Å². The van der Waals surface area contributed by atoms with Crippen LogP contribution in [0.25, 0.3) is 23.3 Å². The topological polar surface area (TPSA) is 52.0 Å². The molecule has 0 unspecified atom stereocenters. The van der Waals surface area contributed by atoms with Crippen LogP contribution in [0.1, 0.15) is 11.1 Å². The first-order valence-electron chi connectivity index (χ1n) is 9.20. The van der Waals surface area contributed by atoms with Gasteiger partial charge in [0, 0.05) is 11.4 Å². The van der Waals surface area contributed by atoms with E-state index in [0.29, 0.717) is 0 Å². The Morgan fingerprint density at radius 3 is 1.04 bits per heavy atom. The molecule has 0 aliphatic rings. The maximum Gasteiger partial charge on any atom is 0.0314 e. The van der Waals surface area contributed by atoms with Crippen LogP contribution in [0.3, 0.4) is 0 Å². The van der Waals surface area contributed by atoms with E-state index in [1.807, 2.05) is 72.8 Å².